The molecular weight excluding hydrogens is 246 g/mol. The maximum absolute atomic E-state index is 11.7. The van der Waals surface area contributed by atoms with E-state index < -0.39 is 12.1 Å². The van der Waals surface area contributed by atoms with E-state index in [2.05, 4.69) is 5.92 Å². The van der Waals surface area contributed by atoms with Crippen LogP contribution in [0.25, 0.3) is 0 Å². The lowest BCUT2D eigenvalue weighted by Gasteiger charge is -2.36. The quantitative estimate of drug-likeness (QED) is 0.817. The van der Waals surface area contributed by atoms with Crippen molar-refractivity contribution in [1.29, 1.82) is 0 Å². The molecule has 5 heteroatoms. The van der Waals surface area contributed by atoms with Crippen molar-refractivity contribution in [3.05, 3.63) is 35.9 Å². The van der Waals surface area contributed by atoms with Gasteiger partial charge in [-0.1, -0.05) is 36.3 Å². The van der Waals surface area contributed by atoms with E-state index in [0.717, 1.165) is 5.56 Å². The summed E-state index contributed by atoms with van der Waals surface area (Å²) < 4.78 is 5.14. The Morgan fingerprint density at radius 2 is 2.11 bits per heavy atom. The molecule has 1 fully saturated rings. The minimum atomic E-state index is -1.19. The standard InChI is InChI=1S/C14H13NO4/c16-13(17)7-6-12-8-9-15(12)14(18)19-10-11-4-2-1-3-5-11/h1-5,12H,8-10H2,(H,16,17). The number of amides is 1. The van der Waals surface area contributed by atoms with Crippen LogP contribution in [0.2, 0.25) is 0 Å². The highest BCUT2D eigenvalue weighted by atomic mass is 16.6. The van der Waals surface area contributed by atoms with Gasteiger partial charge in [-0.15, -0.1) is 0 Å². The highest BCUT2D eigenvalue weighted by Gasteiger charge is 2.32. The normalized spacial score (nSPS) is 16.8. The Labute approximate surface area is 110 Å². The Hall–Kier alpha value is -2.48. The predicted octanol–water partition coefficient (Wildman–Crippen LogP) is 1.49. The molecule has 1 aromatic carbocycles. The molecule has 1 saturated heterocycles. The van der Waals surface area contributed by atoms with Gasteiger partial charge in [-0.25, -0.2) is 9.59 Å². The lowest BCUT2D eigenvalue weighted by Crippen LogP contribution is -2.50. The van der Waals surface area contributed by atoms with Crippen molar-refractivity contribution < 1.29 is 19.4 Å². The molecule has 0 bridgehead atoms. The SMILES string of the molecule is O=C(O)C#CC1CCN1C(=O)OCc1ccccc1. The molecule has 0 saturated carbocycles. The molecule has 1 aliphatic heterocycles. The number of carbonyl (C=O) groups is 2. The number of benzene rings is 1. The minimum Gasteiger partial charge on any atom is -0.472 e. The molecule has 1 aromatic rings. The zero-order chi connectivity index (χ0) is 13.7. The van der Waals surface area contributed by atoms with Crippen molar-refractivity contribution in [2.45, 2.75) is 19.1 Å². The topological polar surface area (TPSA) is 66.8 Å². The van der Waals surface area contributed by atoms with E-state index in [-0.39, 0.29) is 12.6 Å². The first-order chi connectivity index (χ1) is 9.16. The summed E-state index contributed by atoms with van der Waals surface area (Å²) >= 11 is 0. The Bertz CT molecular complexity index is 529. The molecule has 0 aliphatic carbocycles. The Morgan fingerprint density at radius 3 is 2.68 bits per heavy atom. The smallest absolute Gasteiger partial charge is 0.411 e. The van der Waals surface area contributed by atoms with Gasteiger partial charge in [0.1, 0.15) is 6.61 Å². The van der Waals surface area contributed by atoms with E-state index in [9.17, 15) is 9.59 Å². The molecule has 0 spiro atoms. The maximum Gasteiger partial charge on any atom is 0.411 e. The predicted molar refractivity (Wildman–Crippen MR) is 67.1 cm³/mol. The largest absolute Gasteiger partial charge is 0.472 e. The maximum atomic E-state index is 11.7. The highest BCUT2D eigenvalue weighted by molar-refractivity contribution is 5.86. The van der Waals surface area contributed by atoms with E-state index in [1.165, 1.54) is 4.90 Å². The molecule has 1 aliphatic rings. The summed E-state index contributed by atoms with van der Waals surface area (Å²) in [7, 11) is 0. The Morgan fingerprint density at radius 1 is 1.37 bits per heavy atom. The number of likely N-dealkylation sites (tertiary alicyclic amines) is 1. The number of rotatable bonds is 2. The van der Waals surface area contributed by atoms with Crippen LogP contribution >= 0.6 is 0 Å². The molecule has 98 valence electrons. The summed E-state index contributed by atoms with van der Waals surface area (Å²) in [5, 5.41) is 8.45. The van der Waals surface area contributed by atoms with Crippen molar-refractivity contribution in [3.8, 4) is 11.8 Å². The van der Waals surface area contributed by atoms with Gasteiger partial charge in [0.15, 0.2) is 0 Å². The Kier molecular flexibility index (Phi) is 4.04. The van der Waals surface area contributed by atoms with Gasteiger partial charge in [0.25, 0.3) is 0 Å². The van der Waals surface area contributed by atoms with Crippen LogP contribution in [-0.2, 0) is 16.1 Å². The molecule has 2 rings (SSSR count). The van der Waals surface area contributed by atoms with Crippen LogP contribution in [0.15, 0.2) is 30.3 Å². The lowest BCUT2D eigenvalue weighted by atomic mass is 10.1. The number of aliphatic carboxylic acids is 1. The molecule has 1 N–H and O–H groups in total. The molecule has 19 heavy (non-hydrogen) atoms. The van der Waals surface area contributed by atoms with Gasteiger partial charge in [0.05, 0.1) is 6.04 Å². The van der Waals surface area contributed by atoms with Crippen molar-refractivity contribution in [1.82, 2.24) is 4.90 Å². The first kappa shape index (κ1) is 13.0. The van der Waals surface area contributed by atoms with E-state index in [4.69, 9.17) is 9.84 Å². The summed E-state index contributed by atoms with van der Waals surface area (Å²) in [6, 6.07) is 9.01. The average Bonchev–Trinajstić information content (AvgIpc) is 2.36. The second-order valence-electron chi connectivity index (χ2n) is 4.11. The fraction of sp³-hybridized carbons (Fsp3) is 0.286. The van der Waals surface area contributed by atoms with Gasteiger partial charge < -0.3 is 9.84 Å². The van der Waals surface area contributed by atoms with Crippen molar-refractivity contribution >= 4 is 12.1 Å². The van der Waals surface area contributed by atoms with E-state index in [0.29, 0.717) is 13.0 Å². The van der Waals surface area contributed by atoms with Gasteiger partial charge in [-0.05, 0) is 12.0 Å². The monoisotopic (exact) mass is 259 g/mol. The van der Waals surface area contributed by atoms with E-state index >= 15 is 0 Å². The third kappa shape index (κ3) is 3.49. The van der Waals surface area contributed by atoms with Crippen LogP contribution in [0, 0.1) is 11.8 Å². The van der Waals surface area contributed by atoms with Gasteiger partial charge in [0, 0.05) is 12.5 Å². The fourth-order valence-electron chi connectivity index (χ4n) is 1.70. The van der Waals surface area contributed by atoms with Gasteiger partial charge >= 0.3 is 12.1 Å². The molecule has 1 atom stereocenters. The zero-order valence-corrected chi connectivity index (χ0v) is 10.2. The fourth-order valence-corrected chi connectivity index (χ4v) is 1.70. The number of nitrogens with zero attached hydrogens (tertiary/aromatic N) is 1. The van der Waals surface area contributed by atoms with Crippen LogP contribution < -0.4 is 0 Å². The van der Waals surface area contributed by atoms with Crippen molar-refractivity contribution in [2.24, 2.45) is 0 Å². The first-order valence-corrected chi connectivity index (χ1v) is 5.88. The van der Waals surface area contributed by atoms with Crippen LogP contribution in [0.3, 0.4) is 0 Å². The van der Waals surface area contributed by atoms with E-state index in [1.807, 2.05) is 36.3 Å². The van der Waals surface area contributed by atoms with E-state index in [1.54, 1.807) is 0 Å². The van der Waals surface area contributed by atoms with Crippen LogP contribution in [0.1, 0.15) is 12.0 Å². The number of hydrogen-bond donors (Lipinski definition) is 1. The molecule has 1 unspecified atom stereocenters. The van der Waals surface area contributed by atoms with Gasteiger partial charge in [-0.2, -0.15) is 0 Å². The van der Waals surface area contributed by atoms with Gasteiger partial charge in [-0.3, -0.25) is 4.90 Å². The molecule has 1 amide bonds. The Balaban J connectivity index is 1.84. The summed E-state index contributed by atoms with van der Waals surface area (Å²) in [5.74, 6) is 3.36. The van der Waals surface area contributed by atoms with Crippen LogP contribution in [0.5, 0.6) is 0 Å². The second-order valence-corrected chi connectivity index (χ2v) is 4.11. The third-order valence-electron chi connectivity index (χ3n) is 2.81. The number of carboxylic acid groups (broad SMARTS) is 1. The average molecular weight is 259 g/mol. The second kappa shape index (κ2) is 5.91. The number of hydrogen-bond acceptors (Lipinski definition) is 3. The van der Waals surface area contributed by atoms with Crippen LogP contribution in [-0.4, -0.2) is 34.7 Å². The lowest BCUT2D eigenvalue weighted by molar-refractivity contribution is -0.130. The summed E-state index contributed by atoms with van der Waals surface area (Å²) in [6.07, 6.45) is 0.223. The first-order valence-electron chi connectivity index (χ1n) is 5.88. The molecule has 0 aromatic heterocycles. The summed E-state index contributed by atoms with van der Waals surface area (Å²) in [6.45, 7) is 0.752. The number of ether oxygens (including phenoxy) is 1. The molecule has 5 nitrogen and oxygen atoms in total. The molecule has 0 radical (unpaired) electrons. The molecular formula is C14H13NO4. The summed E-state index contributed by atoms with van der Waals surface area (Å²) in [4.78, 5) is 23.5. The minimum absolute atomic E-state index is 0.204. The summed E-state index contributed by atoms with van der Waals surface area (Å²) in [5.41, 5.74) is 0.907. The van der Waals surface area contributed by atoms with Gasteiger partial charge in [0.2, 0.25) is 0 Å². The van der Waals surface area contributed by atoms with Crippen LogP contribution in [0.4, 0.5) is 4.79 Å². The zero-order valence-electron chi connectivity index (χ0n) is 10.2. The number of carboxylic acids is 1. The highest BCUT2D eigenvalue weighted by Crippen LogP contribution is 2.18. The molecule has 1 heterocycles. The third-order valence-corrected chi connectivity index (χ3v) is 2.81. The van der Waals surface area contributed by atoms with Crippen molar-refractivity contribution in [3.63, 3.8) is 0 Å². The van der Waals surface area contributed by atoms with Crippen molar-refractivity contribution in [2.75, 3.05) is 6.54 Å². The number of carbonyl (C=O) groups excluding carboxylic acids is 1.